The van der Waals surface area contributed by atoms with Gasteiger partial charge < -0.3 is 9.47 Å². The second-order valence-electron chi connectivity index (χ2n) is 7.63. The van der Waals surface area contributed by atoms with E-state index in [1.54, 1.807) is 6.20 Å². The molecule has 1 fully saturated rings. The molecule has 0 aliphatic carbocycles. The Balaban J connectivity index is 1.42. The zero-order valence-corrected chi connectivity index (χ0v) is 16.4. The van der Waals surface area contributed by atoms with Crippen LogP contribution in [0.5, 0.6) is 0 Å². The molecule has 1 aliphatic heterocycles. The van der Waals surface area contributed by atoms with Gasteiger partial charge in [0.25, 0.3) is 5.91 Å². The molecule has 0 radical (unpaired) electrons. The second-order valence-corrected chi connectivity index (χ2v) is 7.63. The normalized spacial score (nSPS) is 17.0. The molecule has 6 nitrogen and oxygen atoms in total. The van der Waals surface area contributed by atoms with E-state index in [2.05, 4.69) is 27.9 Å². The summed E-state index contributed by atoms with van der Waals surface area (Å²) in [6, 6.07) is 18.1. The van der Waals surface area contributed by atoms with E-state index in [4.69, 9.17) is 4.98 Å². The van der Waals surface area contributed by atoms with Crippen molar-refractivity contribution in [2.24, 2.45) is 7.05 Å². The number of nitrogens with zero attached hydrogens (tertiary/aromatic N) is 4. The van der Waals surface area contributed by atoms with E-state index in [1.807, 2.05) is 53.4 Å². The number of imidazole rings is 1. The molecular formula is C23H23N5O. The van der Waals surface area contributed by atoms with Crippen molar-refractivity contribution < 1.29 is 4.79 Å². The van der Waals surface area contributed by atoms with Crippen LogP contribution in [-0.2, 0) is 7.05 Å². The summed E-state index contributed by atoms with van der Waals surface area (Å²) in [7, 11) is 2.06. The van der Waals surface area contributed by atoms with Crippen LogP contribution in [0.2, 0.25) is 0 Å². The van der Waals surface area contributed by atoms with Crippen molar-refractivity contribution in [3.8, 4) is 11.3 Å². The Morgan fingerprint density at radius 3 is 2.72 bits per heavy atom. The maximum atomic E-state index is 13.3. The number of carbonyl (C=O) groups is 1. The molecule has 5 rings (SSSR count). The van der Waals surface area contributed by atoms with Crippen molar-refractivity contribution in [2.75, 3.05) is 13.1 Å². The summed E-state index contributed by atoms with van der Waals surface area (Å²) in [6.45, 7) is 1.44. The molecule has 146 valence electrons. The number of rotatable bonds is 3. The molecule has 2 aromatic carbocycles. The van der Waals surface area contributed by atoms with Crippen LogP contribution in [0.1, 0.15) is 34.9 Å². The lowest BCUT2D eigenvalue weighted by Crippen LogP contribution is -2.39. The summed E-state index contributed by atoms with van der Waals surface area (Å²) >= 11 is 0. The number of carbonyl (C=O) groups excluding carboxylic acids is 1. The first-order valence-corrected chi connectivity index (χ1v) is 10.0. The number of benzene rings is 2. The van der Waals surface area contributed by atoms with E-state index < -0.39 is 0 Å². The van der Waals surface area contributed by atoms with Gasteiger partial charge in [-0.05, 0) is 25.0 Å². The van der Waals surface area contributed by atoms with Crippen molar-refractivity contribution in [3.63, 3.8) is 0 Å². The van der Waals surface area contributed by atoms with Crippen molar-refractivity contribution >= 4 is 16.9 Å². The molecule has 6 heteroatoms. The molecule has 4 aromatic rings. The number of hydrogen-bond donors (Lipinski definition) is 1. The van der Waals surface area contributed by atoms with Crippen LogP contribution in [0.3, 0.4) is 0 Å². The number of para-hydroxylation sites is 2. The number of aryl methyl sites for hydroxylation is 1. The van der Waals surface area contributed by atoms with Gasteiger partial charge >= 0.3 is 0 Å². The van der Waals surface area contributed by atoms with Crippen LogP contribution in [0.15, 0.2) is 60.8 Å². The van der Waals surface area contributed by atoms with E-state index in [0.717, 1.165) is 47.5 Å². The molecule has 1 N–H and O–H groups in total. The van der Waals surface area contributed by atoms with Crippen LogP contribution in [0.25, 0.3) is 22.3 Å². The third-order valence-electron chi connectivity index (χ3n) is 5.83. The Morgan fingerprint density at radius 2 is 1.90 bits per heavy atom. The van der Waals surface area contributed by atoms with Crippen LogP contribution in [0.4, 0.5) is 0 Å². The van der Waals surface area contributed by atoms with E-state index in [0.29, 0.717) is 12.1 Å². The maximum absolute atomic E-state index is 13.3. The molecule has 2 aromatic heterocycles. The van der Waals surface area contributed by atoms with Crippen molar-refractivity contribution in [3.05, 3.63) is 72.2 Å². The Labute approximate surface area is 169 Å². The first-order chi connectivity index (χ1) is 14.2. The maximum Gasteiger partial charge on any atom is 0.257 e. The van der Waals surface area contributed by atoms with E-state index in [1.165, 1.54) is 0 Å². The summed E-state index contributed by atoms with van der Waals surface area (Å²) in [6.07, 6.45) is 3.65. The number of amides is 1. The molecule has 1 aliphatic rings. The number of fused-ring (bicyclic) bond motifs is 1. The minimum absolute atomic E-state index is 0.0288. The number of likely N-dealkylation sites (tertiary alicyclic amines) is 1. The van der Waals surface area contributed by atoms with Gasteiger partial charge in [-0.2, -0.15) is 5.10 Å². The van der Waals surface area contributed by atoms with Gasteiger partial charge in [-0.15, -0.1) is 0 Å². The molecule has 0 bridgehead atoms. The number of nitrogens with one attached hydrogen (secondary N) is 1. The summed E-state index contributed by atoms with van der Waals surface area (Å²) < 4.78 is 2.17. The fourth-order valence-electron chi connectivity index (χ4n) is 4.35. The Morgan fingerprint density at radius 1 is 1.10 bits per heavy atom. The predicted octanol–water partition coefficient (Wildman–Crippen LogP) is 3.98. The number of hydrogen-bond acceptors (Lipinski definition) is 3. The minimum Gasteiger partial charge on any atom is -0.338 e. The van der Waals surface area contributed by atoms with Gasteiger partial charge in [0.15, 0.2) is 0 Å². The summed E-state index contributed by atoms with van der Waals surface area (Å²) in [4.78, 5) is 20.1. The van der Waals surface area contributed by atoms with Crippen LogP contribution >= 0.6 is 0 Å². The van der Waals surface area contributed by atoms with E-state index >= 15 is 0 Å². The Hall–Kier alpha value is -3.41. The number of H-pyrrole nitrogens is 1. The Bertz CT molecular complexity index is 1160. The number of piperidine rings is 1. The summed E-state index contributed by atoms with van der Waals surface area (Å²) in [5.74, 6) is 1.32. The number of aromatic amines is 1. The van der Waals surface area contributed by atoms with Crippen molar-refractivity contribution in [1.29, 1.82) is 0 Å². The summed E-state index contributed by atoms with van der Waals surface area (Å²) in [5, 5.41) is 7.14. The van der Waals surface area contributed by atoms with Gasteiger partial charge in [-0.25, -0.2) is 4.98 Å². The van der Waals surface area contributed by atoms with Crippen LogP contribution in [0, 0.1) is 0 Å². The van der Waals surface area contributed by atoms with Gasteiger partial charge in [0.2, 0.25) is 0 Å². The largest absolute Gasteiger partial charge is 0.338 e. The monoisotopic (exact) mass is 385 g/mol. The topological polar surface area (TPSA) is 66.8 Å². The average molecular weight is 385 g/mol. The first kappa shape index (κ1) is 17.7. The highest BCUT2D eigenvalue weighted by atomic mass is 16.2. The summed E-state index contributed by atoms with van der Waals surface area (Å²) in [5.41, 5.74) is 4.52. The molecular weight excluding hydrogens is 362 g/mol. The van der Waals surface area contributed by atoms with Gasteiger partial charge in [0.05, 0.1) is 28.5 Å². The standard InChI is InChI=1S/C23H23N5O/c1-27-20-12-6-5-11-19(20)25-22(27)17-10-7-13-28(15-17)23(29)18-14-24-26-21(18)16-8-3-2-4-9-16/h2-6,8-9,11-12,14,17H,7,10,13,15H2,1H3,(H,24,26)/t17-/m0/s1. The fourth-order valence-corrected chi connectivity index (χ4v) is 4.35. The predicted molar refractivity (Wildman–Crippen MR) is 113 cm³/mol. The molecule has 3 heterocycles. The highest BCUT2D eigenvalue weighted by Gasteiger charge is 2.30. The third kappa shape index (κ3) is 3.10. The zero-order valence-electron chi connectivity index (χ0n) is 16.4. The molecule has 1 saturated heterocycles. The highest BCUT2D eigenvalue weighted by molar-refractivity contribution is 5.99. The first-order valence-electron chi connectivity index (χ1n) is 10.0. The minimum atomic E-state index is 0.0288. The highest BCUT2D eigenvalue weighted by Crippen LogP contribution is 2.30. The molecule has 0 saturated carbocycles. The van der Waals surface area contributed by atoms with E-state index in [9.17, 15) is 4.79 Å². The molecule has 0 spiro atoms. The lowest BCUT2D eigenvalue weighted by atomic mass is 9.96. The smallest absolute Gasteiger partial charge is 0.257 e. The van der Waals surface area contributed by atoms with E-state index in [-0.39, 0.29) is 11.8 Å². The van der Waals surface area contributed by atoms with Gasteiger partial charge in [-0.3, -0.25) is 9.89 Å². The average Bonchev–Trinajstić information content (AvgIpc) is 3.39. The molecule has 0 unspecified atom stereocenters. The molecule has 1 atom stereocenters. The number of aromatic nitrogens is 4. The third-order valence-corrected chi connectivity index (χ3v) is 5.83. The lowest BCUT2D eigenvalue weighted by molar-refractivity contribution is 0.0704. The van der Waals surface area contributed by atoms with Crippen LogP contribution in [-0.4, -0.2) is 43.6 Å². The Kier molecular flexibility index (Phi) is 4.39. The molecule has 29 heavy (non-hydrogen) atoms. The second kappa shape index (κ2) is 7.20. The molecule has 1 amide bonds. The zero-order chi connectivity index (χ0) is 19.8. The van der Waals surface area contributed by atoms with Gasteiger partial charge in [0.1, 0.15) is 5.82 Å². The lowest BCUT2D eigenvalue weighted by Gasteiger charge is -2.32. The van der Waals surface area contributed by atoms with Gasteiger partial charge in [-0.1, -0.05) is 42.5 Å². The van der Waals surface area contributed by atoms with Gasteiger partial charge in [0, 0.05) is 31.6 Å². The quantitative estimate of drug-likeness (QED) is 0.580. The SMILES string of the molecule is Cn1c([C@H]2CCCN(C(=O)c3cn[nH]c3-c3ccccc3)C2)nc2ccccc21. The van der Waals surface area contributed by atoms with Crippen molar-refractivity contribution in [2.45, 2.75) is 18.8 Å². The van der Waals surface area contributed by atoms with Crippen LogP contribution < -0.4 is 0 Å². The van der Waals surface area contributed by atoms with Crippen molar-refractivity contribution in [1.82, 2.24) is 24.6 Å². The fraction of sp³-hybridized carbons (Fsp3) is 0.261.